The fraction of sp³-hybridized carbons (Fsp3) is 0.409. The molecule has 0 saturated carbocycles. The maximum absolute atomic E-state index is 6.12. The van der Waals surface area contributed by atoms with E-state index in [-0.39, 0.29) is 18.0 Å². The fourth-order valence-electron chi connectivity index (χ4n) is 2.80. The number of ether oxygens (including phenoxy) is 2. The van der Waals surface area contributed by atoms with Crippen molar-refractivity contribution < 1.29 is 18.8 Å². The summed E-state index contributed by atoms with van der Waals surface area (Å²) in [5, 5.41) is 0. The molecular formula is C22H28BIN2O4S. The highest BCUT2D eigenvalue weighted by molar-refractivity contribution is 14.2. The number of hydrogen-bond acceptors (Lipinski definition) is 7. The van der Waals surface area contributed by atoms with Gasteiger partial charge in [0.1, 0.15) is 12.1 Å². The lowest BCUT2D eigenvalue weighted by molar-refractivity contribution is 0.00578. The molecule has 0 atom stereocenters. The topological polar surface area (TPSA) is 53.1 Å². The second-order valence-electron chi connectivity index (χ2n) is 8.40. The lowest BCUT2D eigenvalue weighted by Crippen LogP contribution is -2.41. The lowest BCUT2D eigenvalue weighted by atomic mass is 9.80. The zero-order valence-electron chi connectivity index (χ0n) is 18.7. The third kappa shape index (κ3) is 5.88. The van der Waals surface area contributed by atoms with Gasteiger partial charge in [0, 0.05) is 48.2 Å². The number of rotatable bonds is 7. The van der Waals surface area contributed by atoms with Crippen LogP contribution in [0.3, 0.4) is 0 Å². The van der Waals surface area contributed by atoms with Crippen molar-refractivity contribution >= 4 is 48.7 Å². The van der Waals surface area contributed by atoms with E-state index in [1.807, 2.05) is 68.6 Å². The number of hydrogen-bond donors (Lipinski definition) is 0. The molecule has 0 radical (unpaired) electrons. The standard InChI is InChI=1S/C22H28BIN2O4S/c1-16(8-7-9-19-14-27-15-28-19)17(2)13-26(31-24)20-11-10-18(12-25-20)23-29-21(3,4)22(5,6)30-23/h7-14H,15H2,1-6H3/b9-7-,16-8+,17-13+. The molecule has 1 fully saturated rings. The molecule has 9 heteroatoms. The Bertz CT molecular complexity index is 897. The molecule has 2 aliphatic heterocycles. The van der Waals surface area contributed by atoms with E-state index in [1.54, 1.807) is 15.4 Å². The summed E-state index contributed by atoms with van der Waals surface area (Å²) >= 11 is 2.26. The van der Waals surface area contributed by atoms with Gasteiger partial charge in [-0.15, -0.1) is 0 Å². The van der Waals surface area contributed by atoms with Crippen molar-refractivity contribution in [3.8, 4) is 0 Å². The Morgan fingerprint density at radius 1 is 1.16 bits per heavy atom. The van der Waals surface area contributed by atoms with Crippen LogP contribution in [0.1, 0.15) is 41.5 Å². The third-order valence-corrected chi connectivity index (χ3v) is 7.34. The number of allylic oxidation sites excluding steroid dienone is 5. The first kappa shape index (κ1) is 24.2. The summed E-state index contributed by atoms with van der Waals surface area (Å²) < 4.78 is 24.6. The Kier molecular flexibility index (Phi) is 7.83. The molecule has 6 nitrogen and oxygen atoms in total. The Balaban J connectivity index is 1.69. The van der Waals surface area contributed by atoms with Crippen LogP contribution < -0.4 is 9.77 Å². The molecule has 1 saturated heterocycles. The predicted octanol–water partition coefficient (Wildman–Crippen LogP) is 5.44. The summed E-state index contributed by atoms with van der Waals surface area (Å²) in [4.78, 5) is 4.64. The molecule has 3 rings (SSSR count). The van der Waals surface area contributed by atoms with E-state index in [2.05, 4.69) is 46.2 Å². The highest BCUT2D eigenvalue weighted by Gasteiger charge is 2.51. The van der Waals surface area contributed by atoms with Gasteiger partial charge in [0.05, 0.1) is 11.2 Å². The van der Waals surface area contributed by atoms with E-state index >= 15 is 0 Å². The Morgan fingerprint density at radius 2 is 1.87 bits per heavy atom. The fourth-order valence-corrected chi connectivity index (χ4v) is 4.13. The quantitative estimate of drug-likeness (QED) is 0.193. The van der Waals surface area contributed by atoms with Crippen molar-refractivity contribution in [1.29, 1.82) is 0 Å². The normalized spacial score (nSPS) is 20.6. The van der Waals surface area contributed by atoms with Gasteiger partial charge in [-0.25, -0.2) is 4.98 Å². The molecule has 3 heterocycles. The number of halogens is 1. The van der Waals surface area contributed by atoms with Crippen LogP contribution in [0.5, 0.6) is 0 Å². The van der Waals surface area contributed by atoms with E-state index in [0.29, 0.717) is 0 Å². The van der Waals surface area contributed by atoms with Crippen molar-refractivity contribution in [2.45, 2.75) is 52.7 Å². The molecule has 0 amide bonds. The number of nitrogens with zero attached hydrogens (tertiary/aromatic N) is 2. The molecule has 0 aliphatic carbocycles. The minimum absolute atomic E-state index is 0.281. The SMILES string of the molecule is CC(=C\C=C/C1=COCO1)/C(C)=C/N(SI)c1ccc(B2OC(C)(C)C(C)(C)O2)cn1. The summed E-state index contributed by atoms with van der Waals surface area (Å²) in [5.74, 6) is 1.56. The second kappa shape index (κ2) is 10.0. The van der Waals surface area contributed by atoms with Crippen LogP contribution in [0.2, 0.25) is 0 Å². The maximum atomic E-state index is 6.12. The zero-order valence-corrected chi connectivity index (χ0v) is 21.7. The number of anilines is 1. The molecule has 1 aromatic rings. The smallest absolute Gasteiger partial charge is 0.461 e. The first-order chi connectivity index (χ1) is 14.6. The molecule has 31 heavy (non-hydrogen) atoms. The van der Waals surface area contributed by atoms with Crippen molar-refractivity contribution in [3.63, 3.8) is 0 Å². The first-order valence-electron chi connectivity index (χ1n) is 10.0. The Labute approximate surface area is 201 Å². The van der Waals surface area contributed by atoms with E-state index in [9.17, 15) is 0 Å². The highest BCUT2D eigenvalue weighted by atomic mass is 127. The minimum atomic E-state index is -0.411. The molecule has 0 spiro atoms. The third-order valence-electron chi connectivity index (χ3n) is 5.63. The van der Waals surface area contributed by atoms with Gasteiger partial charge in [-0.05, 0) is 64.8 Å². The van der Waals surface area contributed by atoms with Crippen LogP contribution in [-0.4, -0.2) is 30.1 Å². The average molecular weight is 554 g/mol. The van der Waals surface area contributed by atoms with Crippen LogP contribution in [0.15, 0.2) is 65.9 Å². The van der Waals surface area contributed by atoms with Gasteiger partial charge in [0.2, 0.25) is 6.79 Å². The summed E-state index contributed by atoms with van der Waals surface area (Å²) in [6, 6.07) is 4.00. The molecule has 166 valence electrons. The minimum Gasteiger partial charge on any atom is -0.461 e. The van der Waals surface area contributed by atoms with Gasteiger partial charge in [0.25, 0.3) is 0 Å². The van der Waals surface area contributed by atoms with Crippen LogP contribution in [0.25, 0.3) is 0 Å². The highest BCUT2D eigenvalue weighted by Crippen LogP contribution is 2.36. The average Bonchev–Trinajstić information content (AvgIpc) is 3.31. The van der Waals surface area contributed by atoms with Gasteiger partial charge in [0.15, 0.2) is 5.76 Å². The molecule has 0 bridgehead atoms. The summed E-state index contributed by atoms with van der Waals surface area (Å²) in [5.41, 5.74) is 2.44. The van der Waals surface area contributed by atoms with Crippen molar-refractivity contribution in [2.75, 3.05) is 11.1 Å². The molecule has 0 aromatic carbocycles. The first-order valence-corrected chi connectivity index (χ1v) is 13.3. The maximum Gasteiger partial charge on any atom is 0.496 e. The Morgan fingerprint density at radius 3 is 2.42 bits per heavy atom. The molecule has 0 N–H and O–H groups in total. The van der Waals surface area contributed by atoms with Crippen molar-refractivity contribution in [3.05, 3.63) is 65.9 Å². The van der Waals surface area contributed by atoms with Crippen LogP contribution in [-0.2, 0) is 18.8 Å². The van der Waals surface area contributed by atoms with Gasteiger partial charge in [-0.2, -0.15) is 0 Å². The predicted molar refractivity (Wildman–Crippen MR) is 136 cm³/mol. The van der Waals surface area contributed by atoms with Gasteiger partial charge in [-0.1, -0.05) is 18.2 Å². The molecular weight excluding hydrogens is 526 g/mol. The van der Waals surface area contributed by atoms with Crippen LogP contribution in [0, 0.1) is 0 Å². The monoisotopic (exact) mass is 554 g/mol. The summed E-state index contributed by atoms with van der Waals surface area (Å²) in [6.07, 6.45) is 11.4. The van der Waals surface area contributed by atoms with Crippen LogP contribution >= 0.6 is 30.3 Å². The molecule has 1 aromatic heterocycles. The van der Waals surface area contributed by atoms with Crippen molar-refractivity contribution in [2.24, 2.45) is 0 Å². The second-order valence-corrected chi connectivity index (χ2v) is 10.1. The zero-order chi connectivity index (χ0) is 22.6. The van der Waals surface area contributed by atoms with Crippen LogP contribution in [0.4, 0.5) is 5.82 Å². The number of aromatic nitrogens is 1. The van der Waals surface area contributed by atoms with Gasteiger partial charge in [-0.3, -0.25) is 4.31 Å². The Hall–Kier alpha value is -1.43. The molecule has 0 unspecified atom stereocenters. The van der Waals surface area contributed by atoms with Crippen molar-refractivity contribution in [1.82, 2.24) is 4.98 Å². The van der Waals surface area contributed by atoms with Gasteiger partial charge >= 0.3 is 7.12 Å². The van der Waals surface area contributed by atoms with E-state index in [4.69, 9.17) is 18.8 Å². The van der Waals surface area contributed by atoms with E-state index in [1.165, 1.54) is 0 Å². The summed E-state index contributed by atoms with van der Waals surface area (Å²) in [7, 11) is 1.15. The van der Waals surface area contributed by atoms with Gasteiger partial charge < -0.3 is 18.8 Å². The number of pyridine rings is 1. The lowest BCUT2D eigenvalue weighted by Gasteiger charge is -2.32. The summed E-state index contributed by atoms with van der Waals surface area (Å²) in [6.45, 7) is 12.6. The van der Waals surface area contributed by atoms with E-state index < -0.39 is 7.12 Å². The van der Waals surface area contributed by atoms with E-state index in [0.717, 1.165) is 28.2 Å². The molecule has 2 aliphatic rings. The largest absolute Gasteiger partial charge is 0.496 e.